The molecule has 2 aromatic carbocycles. The summed E-state index contributed by atoms with van der Waals surface area (Å²) in [5.41, 5.74) is 9.64. The third kappa shape index (κ3) is 3.57. The van der Waals surface area contributed by atoms with Crippen molar-refractivity contribution in [1.82, 2.24) is 4.90 Å². The second-order valence-electron chi connectivity index (χ2n) is 6.09. The molecule has 1 aliphatic rings. The second kappa shape index (κ2) is 7.11. The third-order valence-corrected chi connectivity index (χ3v) is 5.00. The fraction of sp³-hybridized carbons (Fsp3) is 0.278. The number of hydrogen-bond donors (Lipinski definition) is 2. The van der Waals surface area contributed by atoms with Gasteiger partial charge in [-0.2, -0.15) is 0 Å². The summed E-state index contributed by atoms with van der Waals surface area (Å²) in [6.45, 7) is 1.73. The fourth-order valence-electron chi connectivity index (χ4n) is 3.13. The maximum atomic E-state index is 11.4. The molecule has 1 unspecified atom stereocenters. The summed E-state index contributed by atoms with van der Waals surface area (Å²) in [4.78, 5) is 13.6. The van der Waals surface area contributed by atoms with Gasteiger partial charge in [0.25, 0.3) is 0 Å². The summed E-state index contributed by atoms with van der Waals surface area (Å²) < 4.78 is 0. The van der Waals surface area contributed by atoms with E-state index >= 15 is 0 Å². The Kier molecular flexibility index (Phi) is 5.11. The molecule has 3 rings (SSSR count). The van der Waals surface area contributed by atoms with Gasteiger partial charge in [-0.25, -0.2) is 0 Å². The van der Waals surface area contributed by atoms with E-state index in [9.17, 15) is 4.79 Å². The number of likely N-dealkylation sites (N-methyl/N-ethyl adjacent to an activating group) is 1. The Morgan fingerprint density at radius 3 is 2.58 bits per heavy atom. The van der Waals surface area contributed by atoms with Gasteiger partial charge in [-0.05, 0) is 48.0 Å². The molecule has 3 N–H and O–H groups in total. The van der Waals surface area contributed by atoms with Crippen molar-refractivity contribution in [3.05, 3.63) is 63.1 Å². The zero-order valence-corrected chi connectivity index (χ0v) is 14.9. The number of nitrogens with one attached hydrogen (secondary N) is 1. The van der Waals surface area contributed by atoms with E-state index in [0.717, 1.165) is 18.8 Å². The lowest BCUT2D eigenvalue weighted by molar-refractivity contribution is -0.114. The van der Waals surface area contributed by atoms with Gasteiger partial charge in [0.1, 0.15) is 0 Å². The summed E-state index contributed by atoms with van der Waals surface area (Å²) in [6.07, 6.45) is 0. The molecule has 0 spiro atoms. The number of nitrogens with zero attached hydrogens (tertiary/aromatic N) is 1. The molecule has 126 valence electrons. The minimum absolute atomic E-state index is 0.0260. The van der Waals surface area contributed by atoms with E-state index in [1.807, 2.05) is 36.4 Å². The molecule has 0 bridgehead atoms. The predicted octanol–water partition coefficient (Wildman–Crippen LogP) is 3.47. The highest BCUT2D eigenvalue weighted by atomic mass is 35.5. The lowest BCUT2D eigenvalue weighted by atomic mass is 9.85. The Morgan fingerprint density at radius 1 is 1.25 bits per heavy atom. The van der Waals surface area contributed by atoms with Gasteiger partial charge >= 0.3 is 0 Å². The van der Waals surface area contributed by atoms with Crippen molar-refractivity contribution >= 4 is 34.8 Å². The Hall–Kier alpha value is -1.59. The largest absolute Gasteiger partial charge is 0.325 e. The van der Waals surface area contributed by atoms with Crippen molar-refractivity contribution in [3.8, 4) is 0 Å². The van der Waals surface area contributed by atoms with E-state index in [1.54, 1.807) is 0 Å². The molecule has 1 heterocycles. The fourth-order valence-corrected chi connectivity index (χ4v) is 3.48. The van der Waals surface area contributed by atoms with Crippen LogP contribution in [0.4, 0.5) is 5.69 Å². The second-order valence-corrected chi connectivity index (χ2v) is 6.90. The molecular formula is C18H19Cl2N3O. The van der Waals surface area contributed by atoms with Gasteiger partial charge in [0, 0.05) is 24.7 Å². The number of hydrogen-bond acceptors (Lipinski definition) is 3. The zero-order valence-electron chi connectivity index (χ0n) is 13.4. The van der Waals surface area contributed by atoms with Gasteiger partial charge in [-0.15, -0.1) is 0 Å². The standard InChI is InChI=1S/C18H19Cl2N3O/c1-23-9-12-6-16(19)17(20)7-14(12)15(10-23)11-2-4-13(5-3-11)22-18(24)8-21/h2-7,15H,8-10,21H2,1H3,(H,22,24). The van der Waals surface area contributed by atoms with Crippen LogP contribution in [0.25, 0.3) is 0 Å². The number of benzene rings is 2. The molecule has 0 aromatic heterocycles. The SMILES string of the molecule is CN1Cc2cc(Cl)c(Cl)cc2C(c2ccc(NC(=O)CN)cc2)C1. The number of rotatable bonds is 3. The minimum Gasteiger partial charge on any atom is -0.325 e. The van der Waals surface area contributed by atoms with E-state index in [0.29, 0.717) is 10.0 Å². The number of anilines is 1. The van der Waals surface area contributed by atoms with Crippen LogP contribution in [0.15, 0.2) is 36.4 Å². The average molecular weight is 364 g/mol. The van der Waals surface area contributed by atoms with E-state index in [1.165, 1.54) is 16.7 Å². The van der Waals surface area contributed by atoms with Crippen molar-refractivity contribution in [2.75, 3.05) is 25.5 Å². The topological polar surface area (TPSA) is 58.4 Å². The van der Waals surface area contributed by atoms with Crippen molar-refractivity contribution in [1.29, 1.82) is 0 Å². The van der Waals surface area contributed by atoms with E-state index in [2.05, 4.69) is 17.3 Å². The van der Waals surface area contributed by atoms with Crippen molar-refractivity contribution in [2.24, 2.45) is 5.73 Å². The normalized spacial score (nSPS) is 17.4. The Labute approximate surface area is 151 Å². The molecule has 0 fully saturated rings. The number of carbonyl (C=O) groups excluding carboxylic acids is 1. The van der Waals surface area contributed by atoms with Gasteiger partial charge in [0.15, 0.2) is 0 Å². The molecule has 1 atom stereocenters. The smallest absolute Gasteiger partial charge is 0.238 e. The zero-order chi connectivity index (χ0) is 17.3. The molecule has 24 heavy (non-hydrogen) atoms. The molecule has 6 heteroatoms. The van der Waals surface area contributed by atoms with E-state index in [-0.39, 0.29) is 18.4 Å². The highest BCUT2D eigenvalue weighted by molar-refractivity contribution is 6.42. The summed E-state index contributed by atoms with van der Waals surface area (Å²) in [5, 5.41) is 3.92. The first-order valence-corrected chi connectivity index (χ1v) is 8.49. The number of nitrogens with two attached hydrogens (primary N) is 1. The summed E-state index contributed by atoms with van der Waals surface area (Å²) in [5.74, 6) is 0.0136. The first-order chi connectivity index (χ1) is 11.5. The molecule has 0 aliphatic carbocycles. The van der Waals surface area contributed by atoms with Gasteiger partial charge < -0.3 is 16.0 Å². The maximum absolute atomic E-state index is 11.4. The van der Waals surface area contributed by atoms with Crippen LogP contribution in [-0.4, -0.2) is 30.9 Å². The maximum Gasteiger partial charge on any atom is 0.238 e. The highest BCUT2D eigenvalue weighted by Gasteiger charge is 2.26. The van der Waals surface area contributed by atoms with E-state index in [4.69, 9.17) is 28.9 Å². The molecule has 0 saturated heterocycles. The predicted molar refractivity (Wildman–Crippen MR) is 98.8 cm³/mol. The van der Waals surface area contributed by atoms with Gasteiger partial charge in [-0.1, -0.05) is 35.3 Å². The van der Waals surface area contributed by atoms with Crippen LogP contribution < -0.4 is 11.1 Å². The number of amides is 1. The minimum atomic E-state index is -0.202. The first-order valence-electron chi connectivity index (χ1n) is 7.74. The quantitative estimate of drug-likeness (QED) is 0.877. The van der Waals surface area contributed by atoms with Crippen LogP contribution in [0.3, 0.4) is 0 Å². The van der Waals surface area contributed by atoms with Crippen LogP contribution >= 0.6 is 23.2 Å². The van der Waals surface area contributed by atoms with Crippen LogP contribution in [-0.2, 0) is 11.3 Å². The Morgan fingerprint density at radius 2 is 1.92 bits per heavy atom. The average Bonchev–Trinajstić information content (AvgIpc) is 2.56. The molecule has 4 nitrogen and oxygen atoms in total. The molecule has 2 aromatic rings. The Bertz CT molecular complexity index is 762. The lowest BCUT2D eigenvalue weighted by Gasteiger charge is -2.33. The van der Waals surface area contributed by atoms with Crippen molar-refractivity contribution in [2.45, 2.75) is 12.5 Å². The monoisotopic (exact) mass is 363 g/mol. The molecule has 1 aliphatic heterocycles. The van der Waals surface area contributed by atoms with Crippen LogP contribution in [0.1, 0.15) is 22.6 Å². The highest BCUT2D eigenvalue weighted by Crippen LogP contribution is 2.37. The number of carbonyl (C=O) groups is 1. The Balaban J connectivity index is 1.92. The van der Waals surface area contributed by atoms with Crippen molar-refractivity contribution < 1.29 is 4.79 Å². The summed E-state index contributed by atoms with van der Waals surface area (Å²) >= 11 is 12.4. The van der Waals surface area contributed by atoms with Gasteiger partial charge in [-0.3, -0.25) is 4.79 Å². The van der Waals surface area contributed by atoms with Gasteiger partial charge in [0.05, 0.1) is 16.6 Å². The molecular weight excluding hydrogens is 345 g/mol. The molecule has 1 amide bonds. The molecule has 0 radical (unpaired) electrons. The van der Waals surface area contributed by atoms with Crippen molar-refractivity contribution in [3.63, 3.8) is 0 Å². The van der Waals surface area contributed by atoms with Crippen LogP contribution in [0.2, 0.25) is 10.0 Å². The van der Waals surface area contributed by atoms with E-state index < -0.39 is 0 Å². The summed E-state index contributed by atoms with van der Waals surface area (Å²) in [7, 11) is 2.09. The van der Waals surface area contributed by atoms with Crippen LogP contribution in [0.5, 0.6) is 0 Å². The lowest BCUT2D eigenvalue weighted by Crippen LogP contribution is -2.31. The molecule has 0 saturated carbocycles. The first kappa shape index (κ1) is 17.2. The number of fused-ring (bicyclic) bond motifs is 1. The number of halogens is 2. The van der Waals surface area contributed by atoms with Crippen LogP contribution in [0, 0.1) is 0 Å². The van der Waals surface area contributed by atoms with Gasteiger partial charge in [0.2, 0.25) is 5.91 Å². The summed E-state index contributed by atoms with van der Waals surface area (Å²) in [6, 6.07) is 11.8. The third-order valence-electron chi connectivity index (χ3n) is 4.27.